The summed E-state index contributed by atoms with van der Waals surface area (Å²) in [5.41, 5.74) is 0.106. The maximum Gasteiger partial charge on any atom is 0.416 e. The van der Waals surface area contributed by atoms with Crippen molar-refractivity contribution in [2.75, 3.05) is 0 Å². The van der Waals surface area contributed by atoms with Crippen molar-refractivity contribution in [3.63, 3.8) is 0 Å². The molecule has 29 heavy (non-hydrogen) atoms. The maximum atomic E-state index is 12.9. The predicted molar refractivity (Wildman–Crippen MR) is 102 cm³/mol. The average Bonchev–Trinajstić information content (AvgIpc) is 2.72. The van der Waals surface area contributed by atoms with Crippen LogP contribution in [0.5, 0.6) is 0 Å². The van der Waals surface area contributed by atoms with E-state index < -0.39 is 35.7 Å². The molecule has 1 aliphatic heterocycles. The van der Waals surface area contributed by atoms with Crippen LogP contribution in [0.3, 0.4) is 0 Å². The lowest BCUT2D eigenvalue weighted by Crippen LogP contribution is -2.50. The van der Waals surface area contributed by atoms with Gasteiger partial charge in [0.15, 0.2) is 5.78 Å². The molecule has 0 bridgehead atoms. The van der Waals surface area contributed by atoms with Crippen LogP contribution in [0.2, 0.25) is 0 Å². The Balaban J connectivity index is 1.78. The molecule has 0 radical (unpaired) electrons. The van der Waals surface area contributed by atoms with Crippen LogP contribution in [0.1, 0.15) is 25.3 Å². The SMILES string of the molecule is CC[C@@H]1C(=O)C=CN(C(=O)OCc2ccccc2)[C@H]1C1C=CC(C(F)(F)F)=CC1. The second-order valence-electron chi connectivity index (χ2n) is 7.09. The van der Waals surface area contributed by atoms with Gasteiger partial charge in [-0.2, -0.15) is 13.2 Å². The number of hydrogen-bond acceptors (Lipinski definition) is 3. The van der Waals surface area contributed by atoms with Crippen LogP contribution in [0.15, 0.2) is 66.4 Å². The zero-order chi connectivity index (χ0) is 21.0. The maximum absolute atomic E-state index is 12.9. The first kappa shape index (κ1) is 20.9. The minimum absolute atomic E-state index is 0.0695. The number of carbonyl (C=O) groups excluding carboxylic acids is 2. The van der Waals surface area contributed by atoms with Crippen molar-refractivity contribution in [2.24, 2.45) is 11.8 Å². The quantitative estimate of drug-likeness (QED) is 0.693. The zero-order valence-electron chi connectivity index (χ0n) is 15.9. The highest BCUT2D eigenvalue weighted by Crippen LogP contribution is 2.36. The summed E-state index contributed by atoms with van der Waals surface area (Å²) < 4.78 is 44.1. The van der Waals surface area contributed by atoms with E-state index in [9.17, 15) is 22.8 Å². The average molecular weight is 405 g/mol. The Morgan fingerprint density at radius 3 is 2.52 bits per heavy atom. The van der Waals surface area contributed by atoms with E-state index in [4.69, 9.17) is 4.74 Å². The van der Waals surface area contributed by atoms with E-state index in [1.54, 1.807) is 0 Å². The molecule has 1 unspecified atom stereocenters. The molecule has 0 saturated heterocycles. The van der Waals surface area contributed by atoms with Gasteiger partial charge in [-0.1, -0.05) is 55.5 Å². The molecule has 0 fully saturated rings. The summed E-state index contributed by atoms with van der Waals surface area (Å²) in [6, 6.07) is 8.56. The molecule has 3 atom stereocenters. The van der Waals surface area contributed by atoms with Gasteiger partial charge in [-0.15, -0.1) is 0 Å². The van der Waals surface area contributed by atoms with Crippen molar-refractivity contribution in [3.8, 4) is 0 Å². The smallest absolute Gasteiger partial charge is 0.416 e. The van der Waals surface area contributed by atoms with E-state index in [1.807, 2.05) is 37.3 Å². The van der Waals surface area contributed by atoms with Crippen LogP contribution in [0, 0.1) is 11.8 Å². The molecule has 1 amide bonds. The molecule has 2 aliphatic rings. The number of benzene rings is 1. The van der Waals surface area contributed by atoms with E-state index >= 15 is 0 Å². The number of halogens is 3. The second kappa shape index (κ2) is 8.68. The molecule has 154 valence electrons. The highest BCUT2D eigenvalue weighted by atomic mass is 19.4. The van der Waals surface area contributed by atoms with E-state index in [1.165, 1.54) is 23.3 Å². The molecule has 1 aliphatic carbocycles. The fourth-order valence-electron chi connectivity index (χ4n) is 3.76. The Hall–Kier alpha value is -2.83. The van der Waals surface area contributed by atoms with Gasteiger partial charge >= 0.3 is 12.3 Å². The summed E-state index contributed by atoms with van der Waals surface area (Å²) in [6.45, 7) is 1.89. The lowest BCUT2D eigenvalue weighted by atomic mass is 9.77. The van der Waals surface area contributed by atoms with E-state index in [2.05, 4.69) is 0 Å². The van der Waals surface area contributed by atoms with Gasteiger partial charge in [-0.3, -0.25) is 9.69 Å². The number of amides is 1. The minimum atomic E-state index is -4.41. The number of alkyl halides is 3. The van der Waals surface area contributed by atoms with Crippen LogP contribution in [0.25, 0.3) is 0 Å². The van der Waals surface area contributed by atoms with Crippen molar-refractivity contribution in [1.82, 2.24) is 4.90 Å². The third-order valence-corrected chi connectivity index (χ3v) is 5.25. The Morgan fingerprint density at radius 2 is 1.93 bits per heavy atom. The lowest BCUT2D eigenvalue weighted by Gasteiger charge is -2.40. The standard InChI is InChI=1S/C22H22F3NO3/c1-2-18-19(27)12-13-26(21(28)29-14-15-6-4-3-5-7-15)20(18)16-8-10-17(11-9-16)22(23,24)25/h3-8,10-13,16,18,20H,2,9,14H2,1H3/t16?,18-,20+/m1/s1. The van der Waals surface area contributed by atoms with E-state index in [0.29, 0.717) is 6.42 Å². The Morgan fingerprint density at radius 1 is 1.21 bits per heavy atom. The first-order valence-corrected chi connectivity index (χ1v) is 9.48. The topological polar surface area (TPSA) is 46.6 Å². The van der Waals surface area contributed by atoms with Crippen molar-refractivity contribution in [3.05, 3.63) is 72.0 Å². The summed E-state index contributed by atoms with van der Waals surface area (Å²) in [5, 5.41) is 0. The van der Waals surface area contributed by atoms with Crippen LogP contribution in [0.4, 0.5) is 18.0 Å². The Bertz CT molecular complexity index is 843. The first-order valence-electron chi connectivity index (χ1n) is 9.48. The number of ether oxygens (including phenoxy) is 1. The molecular weight excluding hydrogens is 383 g/mol. The van der Waals surface area contributed by atoms with Crippen molar-refractivity contribution >= 4 is 11.9 Å². The number of allylic oxidation sites excluding steroid dienone is 4. The number of carbonyl (C=O) groups is 2. The third-order valence-electron chi connectivity index (χ3n) is 5.25. The van der Waals surface area contributed by atoms with Crippen LogP contribution >= 0.6 is 0 Å². The zero-order valence-corrected chi connectivity index (χ0v) is 15.9. The Kier molecular flexibility index (Phi) is 6.25. The molecule has 0 spiro atoms. The molecule has 1 heterocycles. The molecule has 4 nitrogen and oxygen atoms in total. The monoisotopic (exact) mass is 405 g/mol. The van der Waals surface area contributed by atoms with Crippen LogP contribution in [-0.2, 0) is 16.1 Å². The molecule has 0 saturated carbocycles. The van der Waals surface area contributed by atoms with Crippen LogP contribution < -0.4 is 0 Å². The van der Waals surface area contributed by atoms with Crippen LogP contribution in [-0.4, -0.2) is 29.0 Å². The third kappa shape index (κ3) is 4.78. The largest absolute Gasteiger partial charge is 0.444 e. The van der Waals surface area contributed by atoms with Crippen molar-refractivity contribution in [2.45, 2.75) is 38.6 Å². The molecule has 7 heteroatoms. The second-order valence-corrected chi connectivity index (χ2v) is 7.09. The van der Waals surface area contributed by atoms with Gasteiger partial charge in [0.1, 0.15) is 6.61 Å². The molecule has 0 aromatic heterocycles. The van der Waals surface area contributed by atoms with E-state index in [-0.39, 0.29) is 18.8 Å². The number of hydrogen-bond donors (Lipinski definition) is 0. The van der Waals surface area contributed by atoms with Gasteiger partial charge in [-0.25, -0.2) is 4.79 Å². The summed E-state index contributed by atoms with van der Waals surface area (Å²) in [4.78, 5) is 26.4. The predicted octanol–water partition coefficient (Wildman–Crippen LogP) is 5.18. The lowest BCUT2D eigenvalue weighted by molar-refractivity contribution is -0.121. The number of nitrogens with zero attached hydrogens (tertiary/aromatic N) is 1. The molecule has 1 aromatic carbocycles. The summed E-state index contributed by atoms with van der Waals surface area (Å²) in [5.74, 6) is -1.05. The number of ketones is 1. The molecule has 1 aromatic rings. The summed E-state index contributed by atoms with van der Waals surface area (Å²) in [7, 11) is 0. The fraction of sp³-hybridized carbons (Fsp3) is 0.364. The summed E-state index contributed by atoms with van der Waals surface area (Å²) in [6.07, 6.45) is 1.82. The van der Waals surface area contributed by atoms with E-state index in [0.717, 1.165) is 17.7 Å². The van der Waals surface area contributed by atoms with Gasteiger partial charge < -0.3 is 4.74 Å². The first-order chi connectivity index (χ1) is 13.8. The van der Waals surface area contributed by atoms with Gasteiger partial charge in [-0.05, 0) is 24.5 Å². The van der Waals surface area contributed by atoms with Crippen molar-refractivity contribution < 1.29 is 27.5 Å². The Labute approximate surface area is 167 Å². The highest BCUT2D eigenvalue weighted by molar-refractivity contribution is 5.94. The van der Waals surface area contributed by atoms with Gasteiger partial charge in [0, 0.05) is 18.0 Å². The minimum Gasteiger partial charge on any atom is -0.444 e. The van der Waals surface area contributed by atoms with Gasteiger partial charge in [0.25, 0.3) is 0 Å². The molecular formula is C22H22F3NO3. The molecule has 3 rings (SSSR count). The highest BCUT2D eigenvalue weighted by Gasteiger charge is 2.42. The van der Waals surface area contributed by atoms with Crippen molar-refractivity contribution in [1.29, 1.82) is 0 Å². The van der Waals surface area contributed by atoms with Gasteiger partial charge in [0.2, 0.25) is 0 Å². The summed E-state index contributed by atoms with van der Waals surface area (Å²) >= 11 is 0. The molecule has 0 N–H and O–H groups in total. The normalized spacial score (nSPS) is 24.4. The fourth-order valence-corrected chi connectivity index (χ4v) is 3.76. The number of rotatable bonds is 4. The van der Waals surface area contributed by atoms with Gasteiger partial charge in [0.05, 0.1) is 11.6 Å².